The summed E-state index contributed by atoms with van der Waals surface area (Å²) >= 11 is 0. The Morgan fingerprint density at radius 3 is 2.00 bits per heavy atom. The molecule has 1 rings (SSSR count). The van der Waals surface area contributed by atoms with Gasteiger partial charge in [-0.05, 0) is 37.7 Å². The van der Waals surface area contributed by atoms with Crippen LogP contribution in [0.15, 0.2) is 66.8 Å². The third-order valence-corrected chi connectivity index (χ3v) is 4.56. The minimum atomic E-state index is -1.02. The van der Waals surface area contributed by atoms with Gasteiger partial charge in [0.05, 0.1) is 0 Å². The van der Waals surface area contributed by atoms with Crippen LogP contribution in [0.25, 0.3) is 0 Å². The van der Waals surface area contributed by atoms with Crippen molar-refractivity contribution in [3.63, 3.8) is 0 Å². The van der Waals surface area contributed by atoms with E-state index < -0.39 is 24.0 Å². The molecule has 0 spiro atoms. The van der Waals surface area contributed by atoms with Crippen molar-refractivity contribution in [3.05, 3.63) is 72.4 Å². The average Bonchev–Trinajstić information content (AvgIpc) is 2.81. The number of carbonyl (C=O) groups excluding carboxylic acids is 3. The van der Waals surface area contributed by atoms with Crippen molar-refractivity contribution in [1.82, 2.24) is 0 Å². The maximum Gasteiger partial charge on any atom is 0.333 e. The van der Waals surface area contributed by atoms with Gasteiger partial charge in [0.25, 0.3) is 0 Å². The Morgan fingerprint density at radius 1 is 0.875 bits per heavy atom. The van der Waals surface area contributed by atoms with E-state index in [1.807, 2.05) is 30.3 Å². The van der Waals surface area contributed by atoms with Crippen LogP contribution in [0.5, 0.6) is 0 Å². The van der Waals surface area contributed by atoms with Gasteiger partial charge in [-0.15, -0.1) is 0 Å². The van der Waals surface area contributed by atoms with Gasteiger partial charge in [-0.2, -0.15) is 0 Å². The Hall–Kier alpha value is -3.19. The fourth-order valence-corrected chi connectivity index (χ4v) is 2.47. The number of rotatable bonds is 15. The lowest BCUT2D eigenvalue weighted by atomic mass is 10.1. The van der Waals surface area contributed by atoms with Gasteiger partial charge < -0.3 is 19.3 Å². The number of aryl methyl sites for hydroxylation is 1. The largest absolute Gasteiger partial charge is 0.458 e. The highest BCUT2D eigenvalue weighted by Gasteiger charge is 2.22. The number of benzene rings is 1. The Kier molecular flexibility index (Phi) is 12.4. The van der Waals surface area contributed by atoms with Crippen LogP contribution in [0, 0.1) is 0 Å². The molecule has 0 heterocycles. The molecule has 7 heteroatoms. The molecule has 1 aromatic rings. The first-order chi connectivity index (χ1) is 15.3. The van der Waals surface area contributed by atoms with Crippen LogP contribution >= 0.6 is 0 Å². The molecule has 0 amide bonds. The van der Waals surface area contributed by atoms with Crippen LogP contribution in [0.3, 0.4) is 0 Å². The van der Waals surface area contributed by atoms with E-state index in [4.69, 9.17) is 19.3 Å². The van der Waals surface area contributed by atoms with E-state index in [-0.39, 0.29) is 43.0 Å². The van der Waals surface area contributed by atoms with Gasteiger partial charge in [0.1, 0.15) is 13.2 Å². The summed E-state index contributed by atoms with van der Waals surface area (Å²) in [6.45, 7) is 12.0. The number of aliphatic hydroxyl groups excluding tert-OH is 1. The Bertz CT molecular complexity index is 811. The smallest absolute Gasteiger partial charge is 0.333 e. The zero-order valence-electron chi connectivity index (χ0n) is 18.6. The molecule has 7 nitrogen and oxygen atoms in total. The summed E-state index contributed by atoms with van der Waals surface area (Å²) in [5.41, 5.74) is 1.78. The molecule has 0 bridgehead atoms. The van der Waals surface area contributed by atoms with Gasteiger partial charge in [-0.1, -0.05) is 57.0 Å². The first-order valence-corrected chi connectivity index (χ1v) is 10.5. The lowest BCUT2D eigenvalue weighted by Gasteiger charge is -2.19. The predicted molar refractivity (Wildman–Crippen MR) is 121 cm³/mol. The molecular weight excluding hydrogens is 412 g/mol. The van der Waals surface area contributed by atoms with Crippen LogP contribution in [-0.4, -0.2) is 48.9 Å². The average molecular weight is 445 g/mol. The number of esters is 3. The van der Waals surface area contributed by atoms with Gasteiger partial charge in [0.2, 0.25) is 0 Å². The molecule has 0 aliphatic rings. The predicted octanol–water partition coefficient (Wildman–Crippen LogP) is 3.47. The quantitative estimate of drug-likeness (QED) is 0.251. The monoisotopic (exact) mass is 444 g/mol. The third kappa shape index (κ3) is 10.2. The zero-order valence-corrected chi connectivity index (χ0v) is 18.6. The van der Waals surface area contributed by atoms with E-state index in [2.05, 4.69) is 19.7 Å². The minimum absolute atomic E-state index is 0.0881. The molecule has 1 unspecified atom stereocenters. The minimum Gasteiger partial charge on any atom is -0.458 e. The second-order valence-electron chi connectivity index (χ2n) is 7.20. The molecule has 0 saturated heterocycles. The summed E-state index contributed by atoms with van der Waals surface area (Å²) < 4.78 is 15.7. The second kappa shape index (κ2) is 14.8. The molecule has 1 N–H and O–H groups in total. The van der Waals surface area contributed by atoms with Crippen LogP contribution in [0.4, 0.5) is 0 Å². The van der Waals surface area contributed by atoms with Gasteiger partial charge in [-0.25, -0.2) is 14.4 Å². The third-order valence-electron chi connectivity index (χ3n) is 4.56. The van der Waals surface area contributed by atoms with Crippen LogP contribution in [0.2, 0.25) is 0 Å². The number of carbonyl (C=O) groups is 3. The van der Waals surface area contributed by atoms with E-state index in [9.17, 15) is 14.4 Å². The van der Waals surface area contributed by atoms with E-state index in [0.717, 1.165) is 5.56 Å². The molecule has 0 aliphatic heterocycles. The lowest BCUT2D eigenvalue weighted by molar-refractivity contribution is -0.161. The number of ether oxygens (including phenoxy) is 3. The van der Waals surface area contributed by atoms with Crippen LogP contribution in [0.1, 0.15) is 38.2 Å². The molecule has 0 aromatic heterocycles. The van der Waals surface area contributed by atoms with Gasteiger partial charge in [0, 0.05) is 23.3 Å². The van der Waals surface area contributed by atoms with Crippen molar-refractivity contribution >= 4 is 17.9 Å². The van der Waals surface area contributed by atoms with E-state index in [0.29, 0.717) is 25.7 Å². The SMILES string of the molecule is C=C(CC)C(=O)OCC(COC(=O)C(=C)CCc1ccccc1)OC(=O)C(=C)CCCO. The lowest BCUT2D eigenvalue weighted by Crippen LogP contribution is -2.31. The maximum atomic E-state index is 12.3. The molecule has 0 fully saturated rings. The number of hydrogen-bond donors (Lipinski definition) is 1. The summed E-state index contributed by atoms with van der Waals surface area (Å²) in [6.07, 6.45) is 1.06. The summed E-state index contributed by atoms with van der Waals surface area (Å²) in [4.78, 5) is 36.4. The van der Waals surface area contributed by atoms with Crippen molar-refractivity contribution in [3.8, 4) is 0 Å². The molecule has 1 atom stereocenters. The first kappa shape index (κ1) is 26.8. The summed E-state index contributed by atoms with van der Waals surface area (Å²) in [7, 11) is 0. The zero-order chi connectivity index (χ0) is 23.9. The highest BCUT2D eigenvalue weighted by Crippen LogP contribution is 2.12. The number of hydrogen-bond acceptors (Lipinski definition) is 7. The normalized spacial score (nSPS) is 11.2. The van der Waals surface area contributed by atoms with E-state index in [1.165, 1.54) is 0 Å². The molecule has 0 radical (unpaired) electrons. The fourth-order valence-electron chi connectivity index (χ4n) is 2.47. The Labute approximate surface area is 189 Å². The highest BCUT2D eigenvalue weighted by atomic mass is 16.6. The van der Waals surface area contributed by atoms with Crippen LogP contribution in [-0.2, 0) is 35.0 Å². The fraction of sp³-hybridized carbons (Fsp3) is 0.400. The van der Waals surface area contributed by atoms with Crippen molar-refractivity contribution < 1.29 is 33.7 Å². The van der Waals surface area contributed by atoms with Crippen molar-refractivity contribution in [2.24, 2.45) is 0 Å². The molecule has 32 heavy (non-hydrogen) atoms. The second-order valence-corrected chi connectivity index (χ2v) is 7.20. The highest BCUT2D eigenvalue weighted by molar-refractivity contribution is 5.89. The molecule has 1 aromatic carbocycles. The van der Waals surface area contributed by atoms with Crippen molar-refractivity contribution in [1.29, 1.82) is 0 Å². The van der Waals surface area contributed by atoms with Crippen molar-refractivity contribution in [2.75, 3.05) is 19.8 Å². The Morgan fingerprint density at radius 2 is 1.44 bits per heavy atom. The van der Waals surface area contributed by atoms with Crippen molar-refractivity contribution in [2.45, 2.75) is 45.1 Å². The molecular formula is C25H32O7. The molecule has 0 saturated carbocycles. The summed E-state index contributed by atoms with van der Waals surface area (Å²) in [6, 6.07) is 9.65. The number of aliphatic hydroxyl groups is 1. The first-order valence-electron chi connectivity index (χ1n) is 10.5. The van der Waals surface area contributed by atoms with Gasteiger partial charge in [-0.3, -0.25) is 0 Å². The summed E-state index contributed by atoms with van der Waals surface area (Å²) in [5, 5.41) is 8.89. The van der Waals surface area contributed by atoms with E-state index >= 15 is 0 Å². The maximum absolute atomic E-state index is 12.3. The van der Waals surface area contributed by atoms with Crippen LogP contribution < -0.4 is 0 Å². The van der Waals surface area contributed by atoms with Gasteiger partial charge in [0.15, 0.2) is 6.10 Å². The summed E-state index contributed by atoms with van der Waals surface area (Å²) in [5.74, 6) is -1.95. The van der Waals surface area contributed by atoms with E-state index in [1.54, 1.807) is 6.92 Å². The Balaban J connectivity index is 2.63. The standard InChI is InChI=1S/C25H32O7/c1-5-18(2)23(27)30-16-22(32-25(29)19(3)10-9-15-26)17-31-24(28)20(4)13-14-21-11-7-6-8-12-21/h6-8,11-12,22,26H,2-5,9-10,13-17H2,1H3. The molecule has 174 valence electrons. The van der Waals surface area contributed by atoms with Gasteiger partial charge >= 0.3 is 17.9 Å². The molecule has 0 aliphatic carbocycles. The topological polar surface area (TPSA) is 99.1 Å².